The van der Waals surface area contributed by atoms with Crippen LogP contribution in [-0.4, -0.2) is 41.3 Å². The van der Waals surface area contributed by atoms with E-state index in [4.69, 9.17) is 14.7 Å². The van der Waals surface area contributed by atoms with Crippen LogP contribution >= 0.6 is 0 Å². The Balaban J connectivity index is 1.39. The number of nitrogens with one attached hydrogen (secondary N) is 2. The van der Waals surface area contributed by atoms with E-state index in [1.54, 1.807) is 0 Å². The van der Waals surface area contributed by atoms with Gasteiger partial charge in [0.25, 0.3) is 0 Å². The fraction of sp³-hybridized carbons (Fsp3) is 0.444. The SMILES string of the molecule is CC(C)(C)OC(=O)NCCCNCC1(c2nc3ccccc3nc2Cc2ccccc2)CC1. The van der Waals surface area contributed by atoms with Gasteiger partial charge in [0, 0.05) is 24.9 Å². The van der Waals surface area contributed by atoms with Crippen molar-refractivity contribution in [3.05, 3.63) is 71.5 Å². The van der Waals surface area contributed by atoms with E-state index >= 15 is 0 Å². The van der Waals surface area contributed by atoms with Crippen LogP contribution in [0.2, 0.25) is 0 Å². The van der Waals surface area contributed by atoms with Gasteiger partial charge in [0.1, 0.15) is 5.60 Å². The van der Waals surface area contributed by atoms with E-state index < -0.39 is 5.60 Å². The zero-order chi connectivity index (χ0) is 23.3. The second-order valence-corrected chi connectivity index (χ2v) is 9.91. The molecule has 1 aromatic heterocycles. The average molecular weight is 447 g/mol. The molecule has 1 aliphatic carbocycles. The Morgan fingerprint density at radius 2 is 1.64 bits per heavy atom. The molecule has 3 aromatic rings. The van der Waals surface area contributed by atoms with Gasteiger partial charge in [-0.25, -0.2) is 14.8 Å². The standard InChI is InChI=1S/C27H34N4O2/c1-26(2,3)33-25(32)29-17-9-16-28-19-27(14-15-27)24-23(18-20-10-5-4-6-11-20)30-21-12-7-8-13-22(21)31-24/h4-8,10-13,28H,9,14-19H2,1-3H3,(H,29,32). The van der Waals surface area contributed by atoms with Crippen LogP contribution in [0.3, 0.4) is 0 Å². The maximum atomic E-state index is 11.8. The lowest BCUT2D eigenvalue weighted by atomic mass is 9.96. The van der Waals surface area contributed by atoms with Gasteiger partial charge in [-0.15, -0.1) is 0 Å². The number of carbonyl (C=O) groups excluding carboxylic acids is 1. The molecule has 4 rings (SSSR count). The summed E-state index contributed by atoms with van der Waals surface area (Å²) in [5.74, 6) is 0. The van der Waals surface area contributed by atoms with E-state index in [1.807, 2.05) is 51.1 Å². The predicted molar refractivity (Wildman–Crippen MR) is 131 cm³/mol. The number of fused-ring (bicyclic) bond motifs is 1. The highest BCUT2D eigenvalue weighted by atomic mass is 16.6. The van der Waals surface area contributed by atoms with Crippen LogP contribution in [0.5, 0.6) is 0 Å². The van der Waals surface area contributed by atoms with Gasteiger partial charge in [-0.1, -0.05) is 42.5 Å². The van der Waals surface area contributed by atoms with E-state index in [1.165, 1.54) is 5.56 Å². The molecule has 1 saturated carbocycles. The van der Waals surface area contributed by atoms with Crippen LogP contribution in [0.4, 0.5) is 4.79 Å². The molecule has 1 amide bonds. The molecule has 6 heteroatoms. The Bertz CT molecular complexity index is 1090. The van der Waals surface area contributed by atoms with Crippen molar-refractivity contribution in [2.75, 3.05) is 19.6 Å². The Morgan fingerprint density at radius 3 is 2.30 bits per heavy atom. The fourth-order valence-corrected chi connectivity index (χ4v) is 4.07. The van der Waals surface area contributed by atoms with Crippen molar-refractivity contribution in [1.82, 2.24) is 20.6 Å². The van der Waals surface area contributed by atoms with E-state index in [0.717, 1.165) is 61.2 Å². The summed E-state index contributed by atoms with van der Waals surface area (Å²) in [4.78, 5) is 21.9. The van der Waals surface area contributed by atoms with E-state index in [9.17, 15) is 4.79 Å². The Morgan fingerprint density at radius 1 is 0.970 bits per heavy atom. The average Bonchev–Trinajstić information content (AvgIpc) is 3.56. The van der Waals surface area contributed by atoms with Gasteiger partial charge >= 0.3 is 6.09 Å². The predicted octanol–water partition coefficient (Wildman–Crippen LogP) is 4.76. The van der Waals surface area contributed by atoms with Crippen LogP contribution in [0.1, 0.15) is 57.0 Å². The number of alkyl carbamates (subject to hydrolysis) is 1. The second kappa shape index (κ2) is 9.87. The highest BCUT2D eigenvalue weighted by molar-refractivity contribution is 5.74. The van der Waals surface area contributed by atoms with Gasteiger partial charge in [-0.2, -0.15) is 0 Å². The van der Waals surface area contributed by atoms with Crippen molar-refractivity contribution in [3.8, 4) is 0 Å². The molecular weight excluding hydrogens is 412 g/mol. The Hall–Kier alpha value is -2.99. The lowest BCUT2D eigenvalue weighted by Crippen LogP contribution is -2.35. The van der Waals surface area contributed by atoms with Crippen molar-refractivity contribution < 1.29 is 9.53 Å². The number of carbonyl (C=O) groups is 1. The minimum absolute atomic E-state index is 0.0414. The van der Waals surface area contributed by atoms with Crippen molar-refractivity contribution in [2.45, 2.75) is 57.5 Å². The largest absolute Gasteiger partial charge is 0.444 e. The fourth-order valence-electron chi connectivity index (χ4n) is 4.07. The second-order valence-electron chi connectivity index (χ2n) is 9.91. The normalized spacial score (nSPS) is 14.8. The number of hydrogen-bond acceptors (Lipinski definition) is 5. The molecule has 2 N–H and O–H groups in total. The molecule has 33 heavy (non-hydrogen) atoms. The number of amides is 1. The highest BCUT2D eigenvalue weighted by Gasteiger charge is 2.47. The summed E-state index contributed by atoms with van der Waals surface area (Å²) in [5.41, 5.74) is 4.93. The van der Waals surface area contributed by atoms with Crippen LogP contribution in [0, 0.1) is 0 Å². The lowest BCUT2D eigenvalue weighted by Gasteiger charge is -2.20. The minimum atomic E-state index is -0.473. The van der Waals surface area contributed by atoms with Crippen LogP contribution in [-0.2, 0) is 16.6 Å². The molecule has 0 spiro atoms. The summed E-state index contributed by atoms with van der Waals surface area (Å²) in [6.07, 6.45) is 3.50. The molecule has 1 heterocycles. The molecule has 0 radical (unpaired) electrons. The summed E-state index contributed by atoms with van der Waals surface area (Å²) in [5, 5.41) is 6.41. The van der Waals surface area contributed by atoms with Crippen molar-refractivity contribution >= 4 is 17.1 Å². The summed E-state index contributed by atoms with van der Waals surface area (Å²) in [6, 6.07) is 18.6. The molecule has 1 fully saturated rings. The van der Waals surface area contributed by atoms with Gasteiger partial charge in [0.05, 0.1) is 22.4 Å². The highest BCUT2D eigenvalue weighted by Crippen LogP contribution is 2.48. The first-order valence-corrected chi connectivity index (χ1v) is 11.8. The zero-order valence-electron chi connectivity index (χ0n) is 19.9. The van der Waals surface area contributed by atoms with Gasteiger partial charge < -0.3 is 15.4 Å². The number of para-hydroxylation sites is 2. The number of nitrogens with zero attached hydrogens (tertiary/aromatic N) is 2. The quantitative estimate of drug-likeness (QED) is 0.464. The van der Waals surface area contributed by atoms with Crippen LogP contribution in [0.15, 0.2) is 54.6 Å². The summed E-state index contributed by atoms with van der Waals surface area (Å²) in [6.45, 7) is 7.88. The van der Waals surface area contributed by atoms with Gasteiger partial charge in [-0.3, -0.25) is 0 Å². The Kier molecular flexibility index (Phi) is 6.94. The molecule has 0 aliphatic heterocycles. The first-order valence-electron chi connectivity index (χ1n) is 11.8. The maximum Gasteiger partial charge on any atom is 0.407 e. The molecule has 174 valence electrons. The van der Waals surface area contributed by atoms with E-state index in [0.29, 0.717) is 6.54 Å². The molecular formula is C27H34N4O2. The third-order valence-electron chi connectivity index (χ3n) is 5.87. The third-order valence-corrected chi connectivity index (χ3v) is 5.87. The molecule has 6 nitrogen and oxygen atoms in total. The first kappa shape index (κ1) is 23.2. The molecule has 2 aromatic carbocycles. The maximum absolute atomic E-state index is 11.8. The lowest BCUT2D eigenvalue weighted by molar-refractivity contribution is 0.0527. The number of hydrogen-bond donors (Lipinski definition) is 2. The molecule has 0 bridgehead atoms. The molecule has 0 unspecified atom stereocenters. The number of ether oxygens (including phenoxy) is 1. The third kappa shape index (κ3) is 6.29. The van der Waals surface area contributed by atoms with E-state index in [-0.39, 0.29) is 11.5 Å². The van der Waals surface area contributed by atoms with Crippen molar-refractivity contribution in [2.24, 2.45) is 0 Å². The Labute approximate surface area is 196 Å². The van der Waals surface area contributed by atoms with Gasteiger partial charge in [0.2, 0.25) is 0 Å². The number of aromatic nitrogens is 2. The monoisotopic (exact) mass is 446 g/mol. The van der Waals surface area contributed by atoms with Gasteiger partial charge in [0.15, 0.2) is 0 Å². The number of benzene rings is 2. The number of rotatable bonds is 9. The summed E-state index contributed by atoms with van der Waals surface area (Å²) < 4.78 is 5.28. The zero-order valence-corrected chi connectivity index (χ0v) is 19.9. The topological polar surface area (TPSA) is 76.1 Å². The first-order chi connectivity index (χ1) is 15.8. The van der Waals surface area contributed by atoms with Crippen molar-refractivity contribution in [1.29, 1.82) is 0 Å². The summed E-state index contributed by atoms with van der Waals surface area (Å²) >= 11 is 0. The van der Waals surface area contributed by atoms with Gasteiger partial charge in [-0.05, 0) is 64.3 Å². The molecule has 0 saturated heterocycles. The molecule has 0 atom stereocenters. The minimum Gasteiger partial charge on any atom is -0.444 e. The smallest absolute Gasteiger partial charge is 0.407 e. The van der Waals surface area contributed by atoms with E-state index in [2.05, 4.69) is 34.9 Å². The van der Waals surface area contributed by atoms with Crippen LogP contribution < -0.4 is 10.6 Å². The molecule has 1 aliphatic rings. The van der Waals surface area contributed by atoms with Crippen LogP contribution in [0.25, 0.3) is 11.0 Å². The van der Waals surface area contributed by atoms with Crippen molar-refractivity contribution in [3.63, 3.8) is 0 Å². The summed E-state index contributed by atoms with van der Waals surface area (Å²) in [7, 11) is 0.